The van der Waals surface area contributed by atoms with Crippen LogP contribution in [-0.4, -0.2) is 34.8 Å². The summed E-state index contributed by atoms with van der Waals surface area (Å²) < 4.78 is 13.7. The smallest absolute Gasteiger partial charge is 0.249 e. The Kier molecular flexibility index (Phi) is 6.94. The molecule has 29 heavy (non-hydrogen) atoms. The topological polar surface area (TPSA) is 66.0 Å². The fourth-order valence-electron chi connectivity index (χ4n) is 3.16. The van der Waals surface area contributed by atoms with E-state index >= 15 is 0 Å². The molecular formula is C22H27FN6. The molecule has 7 heteroatoms. The summed E-state index contributed by atoms with van der Waals surface area (Å²) in [6.45, 7) is 8.84. The van der Waals surface area contributed by atoms with E-state index in [-0.39, 0.29) is 5.82 Å². The second kappa shape index (κ2) is 9.82. The molecule has 0 saturated carbocycles. The molecule has 0 saturated heterocycles. The van der Waals surface area contributed by atoms with Gasteiger partial charge in [-0.25, -0.2) is 4.39 Å². The van der Waals surface area contributed by atoms with Crippen molar-refractivity contribution in [2.45, 2.75) is 27.2 Å². The van der Waals surface area contributed by atoms with E-state index in [0.29, 0.717) is 30.3 Å². The van der Waals surface area contributed by atoms with Crippen LogP contribution in [0.3, 0.4) is 0 Å². The summed E-state index contributed by atoms with van der Waals surface area (Å²) >= 11 is 0. The van der Waals surface area contributed by atoms with Crippen LogP contribution in [0.25, 0.3) is 0 Å². The van der Waals surface area contributed by atoms with Gasteiger partial charge >= 0.3 is 0 Å². The average Bonchev–Trinajstić information content (AvgIpc) is 2.73. The lowest BCUT2D eigenvalue weighted by molar-refractivity contribution is 0.610. The third kappa shape index (κ3) is 5.40. The molecule has 0 fully saturated rings. The van der Waals surface area contributed by atoms with Crippen molar-refractivity contribution in [3.8, 4) is 0 Å². The van der Waals surface area contributed by atoms with Gasteiger partial charge in [0, 0.05) is 31.0 Å². The first-order valence-corrected chi connectivity index (χ1v) is 9.90. The molecule has 0 unspecified atom stereocenters. The molecule has 3 rings (SSSR count). The summed E-state index contributed by atoms with van der Waals surface area (Å²) in [7, 11) is 0. The number of nitrogens with one attached hydrogen (secondary N) is 2. The van der Waals surface area contributed by atoms with Gasteiger partial charge in [-0.2, -0.15) is 10.1 Å². The summed E-state index contributed by atoms with van der Waals surface area (Å²) in [6, 6.07) is 13.1. The van der Waals surface area contributed by atoms with E-state index in [1.54, 1.807) is 18.3 Å². The first kappa shape index (κ1) is 20.5. The predicted molar refractivity (Wildman–Crippen MR) is 116 cm³/mol. The molecule has 0 aliphatic carbocycles. The third-order valence-corrected chi connectivity index (χ3v) is 4.80. The molecule has 152 valence electrons. The number of hydrogen-bond donors (Lipinski definition) is 2. The Hall–Kier alpha value is -3.22. The van der Waals surface area contributed by atoms with Crippen LogP contribution < -0.4 is 15.5 Å². The molecule has 0 aliphatic heterocycles. The van der Waals surface area contributed by atoms with Crippen molar-refractivity contribution in [3.63, 3.8) is 0 Å². The second-order valence-corrected chi connectivity index (χ2v) is 6.73. The maximum absolute atomic E-state index is 13.7. The maximum atomic E-state index is 13.7. The van der Waals surface area contributed by atoms with Gasteiger partial charge in [0.15, 0.2) is 5.82 Å². The van der Waals surface area contributed by atoms with Gasteiger partial charge in [0.25, 0.3) is 0 Å². The predicted octanol–water partition coefficient (Wildman–Crippen LogP) is 4.56. The van der Waals surface area contributed by atoms with Gasteiger partial charge in [0.2, 0.25) is 5.95 Å². The zero-order valence-electron chi connectivity index (χ0n) is 17.1. The van der Waals surface area contributed by atoms with E-state index in [1.807, 2.05) is 12.1 Å². The lowest BCUT2D eigenvalue weighted by Crippen LogP contribution is -2.21. The second-order valence-electron chi connectivity index (χ2n) is 6.73. The van der Waals surface area contributed by atoms with Gasteiger partial charge in [-0.3, -0.25) is 0 Å². The van der Waals surface area contributed by atoms with Crippen LogP contribution in [0.2, 0.25) is 0 Å². The minimum Gasteiger partial charge on any atom is -0.372 e. The molecule has 1 aromatic heterocycles. The molecular weight excluding hydrogens is 367 g/mol. The highest BCUT2D eigenvalue weighted by atomic mass is 19.1. The number of rotatable bonds is 9. The number of anilines is 4. The summed E-state index contributed by atoms with van der Waals surface area (Å²) in [4.78, 5) is 6.75. The van der Waals surface area contributed by atoms with Crippen LogP contribution in [0.1, 0.15) is 25.0 Å². The van der Waals surface area contributed by atoms with Gasteiger partial charge in [-0.15, -0.1) is 5.10 Å². The van der Waals surface area contributed by atoms with Gasteiger partial charge in [0.05, 0.1) is 6.20 Å². The Labute approximate surface area is 171 Å². The van der Waals surface area contributed by atoms with Crippen molar-refractivity contribution >= 4 is 23.1 Å². The Morgan fingerprint density at radius 3 is 2.59 bits per heavy atom. The molecule has 0 spiro atoms. The Balaban J connectivity index is 1.63. The molecule has 6 nitrogen and oxygen atoms in total. The SMILES string of the molecule is CCN(CC)c1ccc(Nc2nncc(NCCc3ccccc3F)n2)c(C)c1. The number of halogens is 1. The first-order chi connectivity index (χ1) is 14.1. The fourth-order valence-corrected chi connectivity index (χ4v) is 3.16. The summed E-state index contributed by atoms with van der Waals surface area (Å²) in [5.74, 6) is 0.817. The van der Waals surface area contributed by atoms with Gasteiger partial charge in [-0.05, 0) is 62.6 Å². The van der Waals surface area contributed by atoms with Crippen molar-refractivity contribution < 1.29 is 4.39 Å². The number of aromatic nitrogens is 3. The lowest BCUT2D eigenvalue weighted by atomic mass is 10.1. The molecule has 1 heterocycles. The van der Waals surface area contributed by atoms with Crippen LogP contribution >= 0.6 is 0 Å². The van der Waals surface area contributed by atoms with E-state index in [1.165, 1.54) is 11.8 Å². The Bertz CT molecular complexity index is 942. The quantitative estimate of drug-likeness (QED) is 0.554. The van der Waals surface area contributed by atoms with Crippen LogP contribution in [0.5, 0.6) is 0 Å². The van der Waals surface area contributed by atoms with Crippen molar-refractivity contribution in [1.82, 2.24) is 15.2 Å². The third-order valence-electron chi connectivity index (χ3n) is 4.80. The molecule has 0 atom stereocenters. The van der Waals surface area contributed by atoms with Crippen molar-refractivity contribution in [3.05, 3.63) is 65.6 Å². The van der Waals surface area contributed by atoms with Gasteiger partial charge < -0.3 is 15.5 Å². The van der Waals surface area contributed by atoms with Gasteiger partial charge in [-0.1, -0.05) is 18.2 Å². The van der Waals surface area contributed by atoms with Crippen LogP contribution in [0.4, 0.5) is 27.5 Å². The Morgan fingerprint density at radius 2 is 1.86 bits per heavy atom. The van der Waals surface area contributed by atoms with Crippen LogP contribution in [0.15, 0.2) is 48.7 Å². The maximum Gasteiger partial charge on any atom is 0.249 e. The van der Waals surface area contributed by atoms with Crippen LogP contribution in [0, 0.1) is 12.7 Å². The minimum atomic E-state index is -0.193. The molecule has 0 radical (unpaired) electrons. The molecule has 0 amide bonds. The van der Waals surface area contributed by atoms with E-state index in [2.05, 4.69) is 63.6 Å². The first-order valence-electron chi connectivity index (χ1n) is 9.90. The number of aryl methyl sites for hydroxylation is 1. The zero-order chi connectivity index (χ0) is 20.6. The number of hydrogen-bond acceptors (Lipinski definition) is 6. The van der Waals surface area contributed by atoms with Crippen molar-refractivity contribution in [2.75, 3.05) is 35.2 Å². The summed E-state index contributed by atoms with van der Waals surface area (Å²) in [5, 5.41) is 14.5. The minimum absolute atomic E-state index is 0.193. The van der Waals surface area contributed by atoms with E-state index in [0.717, 1.165) is 24.3 Å². The highest BCUT2D eigenvalue weighted by Gasteiger charge is 2.08. The molecule has 2 aromatic carbocycles. The average molecular weight is 394 g/mol. The van der Waals surface area contributed by atoms with Crippen molar-refractivity contribution in [2.24, 2.45) is 0 Å². The Morgan fingerprint density at radius 1 is 1.07 bits per heavy atom. The number of benzene rings is 2. The highest BCUT2D eigenvalue weighted by Crippen LogP contribution is 2.24. The van der Waals surface area contributed by atoms with Crippen molar-refractivity contribution in [1.29, 1.82) is 0 Å². The molecule has 0 aliphatic rings. The molecule has 2 N–H and O–H groups in total. The van der Waals surface area contributed by atoms with E-state index in [4.69, 9.17) is 0 Å². The molecule has 0 bridgehead atoms. The standard InChI is InChI=1S/C22H27FN6/c1-4-29(5-2)18-10-11-20(16(3)14-18)26-22-27-21(15-25-28-22)24-13-12-17-8-6-7-9-19(17)23/h6-11,14-15H,4-5,12-13H2,1-3H3,(H2,24,26,27,28). The fraction of sp³-hybridized carbons (Fsp3) is 0.318. The van der Waals surface area contributed by atoms with E-state index < -0.39 is 0 Å². The largest absolute Gasteiger partial charge is 0.372 e. The zero-order valence-corrected chi connectivity index (χ0v) is 17.1. The lowest BCUT2D eigenvalue weighted by Gasteiger charge is -2.22. The normalized spacial score (nSPS) is 10.6. The van der Waals surface area contributed by atoms with E-state index in [9.17, 15) is 4.39 Å². The van der Waals surface area contributed by atoms with Gasteiger partial charge in [0.1, 0.15) is 5.82 Å². The highest BCUT2D eigenvalue weighted by molar-refractivity contribution is 5.64. The monoisotopic (exact) mass is 394 g/mol. The molecule has 3 aromatic rings. The summed E-state index contributed by atoms with van der Waals surface area (Å²) in [6.07, 6.45) is 2.12. The van der Waals surface area contributed by atoms with Crippen LogP contribution in [-0.2, 0) is 6.42 Å². The summed E-state index contributed by atoms with van der Waals surface area (Å²) in [5.41, 5.74) is 3.91. The number of nitrogens with zero attached hydrogens (tertiary/aromatic N) is 4.